The molecule has 28 heavy (non-hydrogen) atoms. The fourth-order valence-corrected chi connectivity index (χ4v) is 3.28. The Morgan fingerprint density at radius 1 is 1.18 bits per heavy atom. The zero-order valence-corrected chi connectivity index (χ0v) is 16.5. The molecule has 1 fully saturated rings. The third-order valence-corrected chi connectivity index (χ3v) is 5.13. The number of carbonyl (C=O) groups excluding carboxylic acids is 1. The number of hydrogen-bond donors (Lipinski definition) is 1. The summed E-state index contributed by atoms with van der Waals surface area (Å²) in [5.74, 6) is 2.20. The molecule has 8 heteroatoms. The average molecular weight is 386 g/mol. The van der Waals surface area contributed by atoms with Crippen molar-refractivity contribution >= 4 is 5.91 Å². The molecule has 2 aromatic rings. The van der Waals surface area contributed by atoms with Gasteiger partial charge in [0.2, 0.25) is 5.91 Å². The number of hydrogen-bond acceptors (Lipinski definition) is 6. The summed E-state index contributed by atoms with van der Waals surface area (Å²) in [6, 6.07) is 5.22. The van der Waals surface area contributed by atoms with Crippen LogP contribution in [0, 0.1) is 5.92 Å². The third-order valence-electron chi connectivity index (χ3n) is 5.13. The minimum absolute atomic E-state index is 0.0667. The molecule has 1 aromatic carbocycles. The zero-order chi connectivity index (χ0) is 20.1. The number of H-pyrrole nitrogens is 1. The normalized spacial score (nSPS) is 14.8. The van der Waals surface area contributed by atoms with Crippen molar-refractivity contribution < 1.29 is 14.3 Å². The van der Waals surface area contributed by atoms with Gasteiger partial charge in [-0.05, 0) is 37.0 Å². The second-order valence-electron chi connectivity index (χ2n) is 7.08. The van der Waals surface area contributed by atoms with E-state index in [0.717, 1.165) is 25.9 Å². The third kappa shape index (κ3) is 4.49. The summed E-state index contributed by atoms with van der Waals surface area (Å²) in [4.78, 5) is 29.3. The van der Waals surface area contributed by atoms with Crippen molar-refractivity contribution in [2.45, 2.75) is 32.6 Å². The van der Waals surface area contributed by atoms with Gasteiger partial charge in [0.1, 0.15) is 5.69 Å². The molecular weight excluding hydrogens is 360 g/mol. The first kappa shape index (κ1) is 19.9. The fraction of sp³-hybridized carbons (Fsp3) is 0.500. The Morgan fingerprint density at radius 2 is 1.89 bits per heavy atom. The van der Waals surface area contributed by atoms with Crippen LogP contribution >= 0.6 is 0 Å². The van der Waals surface area contributed by atoms with Crippen molar-refractivity contribution in [2.75, 3.05) is 27.3 Å². The van der Waals surface area contributed by atoms with E-state index in [0.29, 0.717) is 28.8 Å². The van der Waals surface area contributed by atoms with Gasteiger partial charge in [-0.15, -0.1) is 10.2 Å². The Bertz CT molecular complexity index is 888. The van der Waals surface area contributed by atoms with E-state index in [-0.39, 0.29) is 30.0 Å². The first-order chi connectivity index (χ1) is 13.5. The number of aryl methyl sites for hydroxylation is 1. The van der Waals surface area contributed by atoms with E-state index in [1.165, 1.54) is 0 Å². The van der Waals surface area contributed by atoms with Crippen LogP contribution in [-0.2, 0) is 11.2 Å². The highest BCUT2D eigenvalue weighted by molar-refractivity contribution is 5.76. The number of benzene rings is 1. The maximum atomic E-state index is 12.4. The number of ether oxygens (including phenoxy) is 2. The Morgan fingerprint density at radius 3 is 2.54 bits per heavy atom. The van der Waals surface area contributed by atoms with Crippen molar-refractivity contribution in [3.63, 3.8) is 0 Å². The van der Waals surface area contributed by atoms with Crippen LogP contribution in [0.5, 0.6) is 11.5 Å². The van der Waals surface area contributed by atoms with Crippen LogP contribution in [0.15, 0.2) is 23.0 Å². The quantitative estimate of drug-likeness (QED) is 0.816. The van der Waals surface area contributed by atoms with Crippen LogP contribution in [-0.4, -0.2) is 53.3 Å². The number of nitrogens with zero attached hydrogens (tertiary/aromatic N) is 3. The summed E-state index contributed by atoms with van der Waals surface area (Å²) in [7, 11) is 3.10. The molecule has 1 N–H and O–H groups in total. The van der Waals surface area contributed by atoms with Gasteiger partial charge in [0.15, 0.2) is 17.3 Å². The smallest absolute Gasteiger partial charge is 0.273 e. The van der Waals surface area contributed by atoms with Gasteiger partial charge in [-0.1, -0.05) is 6.92 Å². The SMILES string of the molecule is COc1ccc(-c2nnc(CCC(=O)N3CCC(C)CC3)c(=O)[nH]2)cc1OC. The van der Waals surface area contributed by atoms with Crippen LogP contribution < -0.4 is 15.0 Å². The van der Waals surface area contributed by atoms with Gasteiger partial charge in [-0.2, -0.15) is 0 Å². The summed E-state index contributed by atoms with van der Waals surface area (Å²) in [6.07, 6.45) is 2.61. The van der Waals surface area contributed by atoms with Gasteiger partial charge in [0, 0.05) is 31.5 Å². The summed E-state index contributed by atoms with van der Waals surface area (Å²) in [5, 5.41) is 8.16. The van der Waals surface area contributed by atoms with Crippen molar-refractivity contribution in [3.8, 4) is 22.9 Å². The van der Waals surface area contributed by atoms with Gasteiger partial charge in [-0.3, -0.25) is 9.59 Å². The molecule has 0 radical (unpaired) electrons. The zero-order valence-electron chi connectivity index (χ0n) is 16.5. The summed E-state index contributed by atoms with van der Waals surface area (Å²) >= 11 is 0. The van der Waals surface area contributed by atoms with Crippen LogP contribution in [0.2, 0.25) is 0 Å². The number of amides is 1. The molecule has 1 amide bonds. The number of nitrogens with one attached hydrogen (secondary N) is 1. The molecule has 0 saturated carbocycles. The topological polar surface area (TPSA) is 97.4 Å². The lowest BCUT2D eigenvalue weighted by Crippen LogP contribution is -2.38. The van der Waals surface area contributed by atoms with Crippen molar-refractivity contribution in [3.05, 3.63) is 34.2 Å². The van der Waals surface area contributed by atoms with Crippen LogP contribution in [0.25, 0.3) is 11.4 Å². The molecule has 0 spiro atoms. The Kier molecular flexibility index (Phi) is 6.28. The molecule has 1 aromatic heterocycles. The lowest BCUT2D eigenvalue weighted by Gasteiger charge is -2.30. The number of aromatic amines is 1. The lowest BCUT2D eigenvalue weighted by atomic mass is 9.99. The second-order valence-corrected chi connectivity index (χ2v) is 7.08. The van der Waals surface area contributed by atoms with Crippen molar-refractivity contribution in [1.29, 1.82) is 0 Å². The van der Waals surface area contributed by atoms with E-state index in [9.17, 15) is 9.59 Å². The lowest BCUT2D eigenvalue weighted by molar-refractivity contribution is -0.132. The molecule has 2 heterocycles. The molecule has 150 valence electrons. The largest absolute Gasteiger partial charge is 0.493 e. The average Bonchev–Trinajstić information content (AvgIpc) is 2.72. The predicted octanol–water partition coefficient (Wildman–Crippen LogP) is 2.04. The molecule has 0 unspecified atom stereocenters. The number of carbonyl (C=O) groups is 1. The second kappa shape index (κ2) is 8.86. The molecule has 1 aliphatic heterocycles. The molecule has 8 nitrogen and oxygen atoms in total. The Balaban J connectivity index is 1.67. The van der Waals surface area contributed by atoms with E-state index in [1.54, 1.807) is 32.4 Å². The molecule has 1 saturated heterocycles. The Hall–Kier alpha value is -2.90. The number of piperidine rings is 1. The highest BCUT2D eigenvalue weighted by Crippen LogP contribution is 2.30. The minimum Gasteiger partial charge on any atom is -0.493 e. The molecule has 3 rings (SSSR count). The minimum atomic E-state index is -0.333. The summed E-state index contributed by atoms with van der Waals surface area (Å²) in [6.45, 7) is 3.79. The van der Waals surface area contributed by atoms with Gasteiger partial charge in [0.05, 0.1) is 14.2 Å². The molecular formula is C20H26N4O4. The summed E-state index contributed by atoms with van der Waals surface area (Å²) in [5.41, 5.74) is 0.593. The monoisotopic (exact) mass is 386 g/mol. The maximum absolute atomic E-state index is 12.4. The molecule has 1 aliphatic rings. The number of likely N-dealkylation sites (tertiary alicyclic amines) is 1. The van der Waals surface area contributed by atoms with Gasteiger partial charge in [0.25, 0.3) is 5.56 Å². The van der Waals surface area contributed by atoms with E-state index < -0.39 is 0 Å². The predicted molar refractivity (Wildman–Crippen MR) is 104 cm³/mol. The number of rotatable bonds is 6. The fourth-order valence-electron chi connectivity index (χ4n) is 3.28. The van der Waals surface area contributed by atoms with E-state index in [1.807, 2.05) is 4.90 Å². The van der Waals surface area contributed by atoms with Crippen LogP contribution in [0.1, 0.15) is 31.9 Å². The standard InChI is InChI=1S/C20H26N4O4/c1-13-8-10-24(11-9-13)18(25)7-5-15-20(26)21-19(23-22-15)14-4-6-16(27-2)17(12-14)28-3/h4,6,12-13H,5,7-11H2,1-3H3,(H,21,23,26). The van der Waals surface area contributed by atoms with Crippen molar-refractivity contribution in [2.24, 2.45) is 5.92 Å². The van der Waals surface area contributed by atoms with Gasteiger partial charge in [-0.25, -0.2) is 0 Å². The molecule has 0 bridgehead atoms. The summed E-state index contributed by atoms with van der Waals surface area (Å²) < 4.78 is 10.5. The van der Waals surface area contributed by atoms with Crippen LogP contribution in [0.3, 0.4) is 0 Å². The Labute approximate surface area is 163 Å². The van der Waals surface area contributed by atoms with Crippen LogP contribution in [0.4, 0.5) is 0 Å². The van der Waals surface area contributed by atoms with E-state index in [2.05, 4.69) is 22.1 Å². The van der Waals surface area contributed by atoms with Crippen molar-refractivity contribution in [1.82, 2.24) is 20.1 Å². The maximum Gasteiger partial charge on any atom is 0.273 e. The van der Waals surface area contributed by atoms with E-state index >= 15 is 0 Å². The molecule has 0 aliphatic carbocycles. The highest BCUT2D eigenvalue weighted by Gasteiger charge is 2.20. The highest BCUT2D eigenvalue weighted by atomic mass is 16.5. The van der Waals surface area contributed by atoms with Gasteiger partial charge < -0.3 is 19.4 Å². The molecule has 0 atom stereocenters. The van der Waals surface area contributed by atoms with E-state index in [4.69, 9.17) is 9.47 Å². The first-order valence-electron chi connectivity index (χ1n) is 9.48. The van der Waals surface area contributed by atoms with Gasteiger partial charge >= 0.3 is 0 Å². The first-order valence-corrected chi connectivity index (χ1v) is 9.48. The number of aromatic nitrogens is 3. The number of methoxy groups -OCH3 is 2.